The maximum Gasteiger partial charge on any atom is 0.267 e. The van der Waals surface area contributed by atoms with Crippen LogP contribution in [0.3, 0.4) is 0 Å². The Morgan fingerprint density at radius 2 is 2.47 bits per heavy atom. The van der Waals surface area contributed by atoms with Crippen molar-refractivity contribution in [2.45, 2.75) is 32.7 Å². The van der Waals surface area contributed by atoms with Crippen molar-refractivity contribution in [2.24, 2.45) is 0 Å². The van der Waals surface area contributed by atoms with E-state index in [1.165, 1.54) is 11.5 Å². The first kappa shape index (κ1) is 12.4. The molecule has 1 saturated heterocycles. The molecule has 1 atom stereocenters. The van der Waals surface area contributed by atoms with Crippen LogP contribution < -0.4 is 5.32 Å². The second-order valence-corrected chi connectivity index (χ2v) is 5.09. The molecule has 1 aliphatic rings. The van der Waals surface area contributed by atoms with Gasteiger partial charge >= 0.3 is 0 Å². The number of nitrogens with zero attached hydrogens (tertiary/aromatic N) is 3. The van der Waals surface area contributed by atoms with Gasteiger partial charge in [0.25, 0.3) is 5.91 Å². The lowest BCUT2D eigenvalue weighted by Crippen LogP contribution is -2.42. The lowest BCUT2D eigenvalue weighted by atomic mass is 10.2. The van der Waals surface area contributed by atoms with E-state index in [4.69, 9.17) is 0 Å². The van der Waals surface area contributed by atoms with E-state index in [1.54, 1.807) is 0 Å². The first-order valence-electron chi connectivity index (χ1n) is 6.04. The lowest BCUT2D eigenvalue weighted by Gasteiger charge is -2.27. The molecule has 1 N–H and O–H groups in total. The monoisotopic (exact) mass is 254 g/mol. The summed E-state index contributed by atoms with van der Waals surface area (Å²) in [6, 6.07) is 0.323. The van der Waals surface area contributed by atoms with E-state index in [0.29, 0.717) is 10.9 Å². The van der Waals surface area contributed by atoms with E-state index in [1.807, 2.05) is 11.8 Å². The maximum absolute atomic E-state index is 12.4. The van der Waals surface area contributed by atoms with E-state index < -0.39 is 0 Å². The predicted octanol–water partition coefficient (Wildman–Crippen LogP) is 1.06. The first-order chi connectivity index (χ1) is 8.24. The van der Waals surface area contributed by atoms with Crippen LogP contribution in [-0.2, 0) is 0 Å². The van der Waals surface area contributed by atoms with Gasteiger partial charge in [0.1, 0.15) is 4.88 Å². The molecule has 0 saturated carbocycles. The molecule has 1 aliphatic heterocycles. The largest absolute Gasteiger partial charge is 0.334 e. The number of amides is 1. The molecule has 0 bridgehead atoms. The van der Waals surface area contributed by atoms with Crippen LogP contribution in [0.15, 0.2) is 0 Å². The summed E-state index contributed by atoms with van der Waals surface area (Å²) < 4.78 is 3.84. The molecule has 17 heavy (non-hydrogen) atoms. The first-order valence-corrected chi connectivity index (χ1v) is 6.82. The molecular formula is C11H18N4OS. The van der Waals surface area contributed by atoms with E-state index in [0.717, 1.165) is 38.2 Å². The smallest absolute Gasteiger partial charge is 0.267 e. The highest BCUT2D eigenvalue weighted by Crippen LogP contribution is 2.17. The van der Waals surface area contributed by atoms with Crippen molar-refractivity contribution >= 4 is 17.4 Å². The second kappa shape index (κ2) is 5.55. The molecule has 1 amide bonds. The Kier molecular flexibility index (Phi) is 4.06. The number of rotatable bonds is 4. The topological polar surface area (TPSA) is 58.1 Å². The number of hydrogen-bond acceptors (Lipinski definition) is 5. The van der Waals surface area contributed by atoms with Gasteiger partial charge in [0.2, 0.25) is 0 Å². The summed E-state index contributed by atoms with van der Waals surface area (Å²) in [6.07, 6.45) is 2.02. The Bertz CT molecular complexity index is 387. The fraction of sp³-hybridized carbons (Fsp3) is 0.727. The molecule has 0 radical (unpaired) electrons. The van der Waals surface area contributed by atoms with Crippen LogP contribution in [0.25, 0.3) is 0 Å². The van der Waals surface area contributed by atoms with E-state index >= 15 is 0 Å². The minimum atomic E-state index is 0.0908. The zero-order valence-corrected chi connectivity index (χ0v) is 11.1. The molecule has 0 aromatic carbocycles. The highest BCUT2D eigenvalue weighted by molar-refractivity contribution is 7.07. The maximum atomic E-state index is 12.4. The fourth-order valence-corrected chi connectivity index (χ4v) is 2.77. The number of nitrogens with one attached hydrogen (secondary N) is 1. The molecule has 2 heterocycles. The van der Waals surface area contributed by atoms with Crippen LogP contribution >= 0.6 is 11.5 Å². The number of aromatic nitrogens is 2. The minimum absolute atomic E-state index is 0.0908. The normalized spacial score (nSPS) is 19.5. The summed E-state index contributed by atoms with van der Waals surface area (Å²) in [4.78, 5) is 15.1. The van der Waals surface area contributed by atoms with Crippen molar-refractivity contribution in [3.8, 4) is 0 Å². The van der Waals surface area contributed by atoms with E-state index in [2.05, 4.69) is 21.8 Å². The summed E-state index contributed by atoms with van der Waals surface area (Å²) in [7, 11) is 0. The zero-order valence-electron chi connectivity index (χ0n) is 10.3. The quantitative estimate of drug-likeness (QED) is 0.873. The van der Waals surface area contributed by atoms with Crippen molar-refractivity contribution in [3.05, 3.63) is 10.6 Å². The van der Waals surface area contributed by atoms with Crippen LogP contribution in [-0.4, -0.2) is 46.1 Å². The van der Waals surface area contributed by atoms with Gasteiger partial charge in [-0.3, -0.25) is 4.79 Å². The van der Waals surface area contributed by atoms with Crippen molar-refractivity contribution in [1.29, 1.82) is 0 Å². The summed E-state index contributed by atoms with van der Waals surface area (Å²) >= 11 is 1.20. The van der Waals surface area contributed by atoms with Crippen LogP contribution in [0.2, 0.25) is 0 Å². The fourth-order valence-electron chi connectivity index (χ4n) is 2.15. The zero-order chi connectivity index (χ0) is 12.3. The Labute approximate surface area is 105 Å². The summed E-state index contributed by atoms with van der Waals surface area (Å²) in [5, 5.41) is 7.22. The van der Waals surface area contributed by atoms with Gasteiger partial charge in [-0.25, -0.2) is 0 Å². The van der Waals surface area contributed by atoms with Gasteiger partial charge in [-0.2, -0.15) is 0 Å². The van der Waals surface area contributed by atoms with Crippen molar-refractivity contribution in [3.63, 3.8) is 0 Å². The molecule has 6 heteroatoms. The van der Waals surface area contributed by atoms with Crippen LogP contribution in [0.1, 0.15) is 35.1 Å². The molecule has 1 fully saturated rings. The van der Waals surface area contributed by atoms with Crippen LogP contribution in [0.4, 0.5) is 0 Å². The molecule has 1 aromatic heterocycles. The summed E-state index contributed by atoms with van der Waals surface area (Å²) in [6.45, 7) is 6.64. The Hall–Kier alpha value is -1.01. The van der Waals surface area contributed by atoms with Gasteiger partial charge in [-0.05, 0) is 37.8 Å². The van der Waals surface area contributed by atoms with Crippen LogP contribution in [0.5, 0.6) is 0 Å². The number of aryl methyl sites for hydroxylation is 1. The van der Waals surface area contributed by atoms with E-state index in [-0.39, 0.29) is 5.91 Å². The second-order valence-electron chi connectivity index (χ2n) is 4.33. The Morgan fingerprint density at radius 3 is 3.00 bits per heavy atom. The number of hydrogen-bond donors (Lipinski definition) is 1. The highest BCUT2D eigenvalue weighted by Gasteiger charge is 2.28. The van der Waals surface area contributed by atoms with Gasteiger partial charge < -0.3 is 10.2 Å². The molecule has 94 valence electrons. The standard InChI is InChI=1S/C11H18N4OS/c1-3-6-15(9-4-5-12-7-9)11(16)10-8(2)13-14-17-10/h9,12H,3-7H2,1-2H3. The lowest BCUT2D eigenvalue weighted by molar-refractivity contribution is 0.0696. The molecule has 1 aromatic rings. The Balaban J connectivity index is 2.15. The third-order valence-corrected chi connectivity index (χ3v) is 3.86. The van der Waals surface area contributed by atoms with Gasteiger partial charge in [-0.15, -0.1) is 5.10 Å². The molecule has 2 rings (SSSR count). The molecule has 0 aliphatic carbocycles. The summed E-state index contributed by atoms with van der Waals surface area (Å²) in [5.74, 6) is 0.0908. The van der Waals surface area contributed by atoms with Crippen LogP contribution in [0, 0.1) is 6.92 Å². The van der Waals surface area contributed by atoms with Gasteiger partial charge in [0.15, 0.2) is 0 Å². The van der Waals surface area contributed by atoms with Gasteiger partial charge in [-0.1, -0.05) is 11.4 Å². The van der Waals surface area contributed by atoms with E-state index in [9.17, 15) is 4.79 Å². The third kappa shape index (κ3) is 2.63. The van der Waals surface area contributed by atoms with Crippen molar-refractivity contribution in [2.75, 3.05) is 19.6 Å². The summed E-state index contributed by atoms with van der Waals surface area (Å²) in [5.41, 5.74) is 0.743. The average molecular weight is 254 g/mol. The highest BCUT2D eigenvalue weighted by atomic mass is 32.1. The molecule has 0 spiro atoms. The molecule has 5 nitrogen and oxygen atoms in total. The Morgan fingerprint density at radius 1 is 1.65 bits per heavy atom. The number of carbonyl (C=O) groups is 1. The molecule has 1 unspecified atom stereocenters. The van der Waals surface area contributed by atoms with Crippen molar-refractivity contribution < 1.29 is 4.79 Å². The molecular weight excluding hydrogens is 236 g/mol. The van der Waals surface area contributed by atoms with Crippen molar-refractivity contribution in [1.82, 2.24) is 19.8 Å². The predicted molar refractivity (Wildman–Crippen MR) is 67.2 cm³/mol. The number of carbonyl (C=O) groups excluding carboxylic acids is 1. The van der Waals surface area contributed by atoms with Gasteiger partial charge in [0.05, 0.1) is 5.69 Å². The SMILES string of the molecule is CCCN(C(=O)c1snnc1C)C1CCNC1. The third-order valence-electron chi connectivity index (χ3n) is 3.05. The average Bonchev–Trinajstić information content (AvgIpc) is 2.95. The van der Waals surface area contributed by atoms with Gasteiger partial charge in [0, 0.05) is 19.1 Å². The minimum Gasteiger partial charge on any atom is -0.334 e.